The smallest absolute Gasteiger partial charge is 0.419 e. The predicted octanol–water partition coefficient (Wildman–Crippen LogP) is 5.02. The lowest BCUT2D eigenvalue weighted by molar-refractivity contribution is -0.140. The van der Waals surface area contributed by atoms with E-state index in [1.54, 1.807) is 31.2 Å². The zero-order chi connectivity index (χ0) is 18.9. The third-order valence-corrected chi connectivity index (χ3v) is 4.08. The molecule has 3 N–H and O–H groups in total. The van der Waals surface area contributed by atoms with Crippen LogP contribution in [0.1, 0.15) is 34.7 Å². The largest absolute Gasteiger partial charge is 0.481 e. The van der Waals surface area contributed by atoms with E-state index in [1.807, 2.05) is 0 Å². The summed E-state index contributed by atoms with van der Waals surface area (Å²) in [5.74, 6) is -2.84. The predicted molar refractivity (Wildman–Crippen MR) is 92.7 cm³/mol. The molecule has 0 saturated heterocycles. The molecule has 1 unspecified atom stereocenters. The second-order valence-electron chi connectivity index (χ2n) is 5.84. The Morgan fingerprint density at radius 3 is 2.27 bits per heavy atom. The zero-order valence-electron chi connectivity index (χ0n) is 14.0. The van der Waals surface area contributed by atoms with Crippen molar-refractivity contribution in [3.63, 3.8) is 0 Å². The van der Waals surface area contributed by atoms with Crippen LogP contribution in [0, 0.1) is 19.7 Å². The normalized spacial score (nSPS) is 12.4. The Kier molecular flexibility index (Phi) is 6.79. The standard InChI is InChI=1S/C18H17F4NO2.ClH/c1-9-5-3-4-6-11(9)12-7-13(18(20,21)22)17(19)16(10(12)2)14(23)8-15(24)25;/h3-7,14H,8,23H2,1-2H3,(H,24,25);1H. The monoisotopic (exact) mass is 391 g/mol. The molecule has 2 aromatic rings. The lowest BCUT2D eigenvalue weighted by atomic mass is 9.87. The van der Waals surface area contributed by atoms with Gasteiger partial charge >= 0.3 is 12.1 Å². The maximum Gasteiger partial charge on any atom is 0.419 e. The van der Waals surface area contributed by atoms with Crippen LogP contribution < -0.4 is 5.73 Å². The summed E-state index contributed by atoms with van der Waals surface area (Å²) in [5, 5.41) is 8.86. The number of aryl methyl sites for hydroxylation is 1. The highest BCUT2D eigenvalue weighted by atomic mass is 35.5. The van der Waals surface area contributed by atoms with Crippen LogP contribution in [0.2, 0.25) is 0 Å². The SMILES string of the molecule is Cc1ccccc1-c1cc(C(F)(F)F)c(F)c(C(N)CC(=O)O)c1C.Cl. The van der Waals surface area contributed by atoms with Crippen LogP contribution in [0.4, 0.5) is 17.6 Å². The number of hydrogen-bond donors (Lipinski definition) is 2. The fourth-order valence-corrected chi connectivity index (χ4v) is 2.86. The number of hydrogen-bond acceptors (Lipinski definition) is 2. The second kappa shape index (κ2) is 8.05. The van der Waals surface area contributed by atoms with Gasteiger partial charge in [0.2, 0.25) is 0 Å². The van der Waals surface area contributed by atoms with Crippen LogP contribution in [-0.2, 0) is 11.0 Å². The minimum absolute atomic E-state index is 0. The summed E-state index contributed by atoms with van der Waals surface area (Å²) in [5.41, 5.74) is 5.44. The molecule has 0 aliphatic carbocycles. The summed E-state index contributed by atoms with van der Waals surface area (Å²) >= 11 is 0. The van der Waals surface area contributed by atoms with E-state index in [0.29, 0.717) is 11.1 Å². The average Bonchev–Trinajstić information content (AvgIpc) is 2.46. The van der Waals surface area contributed by atoms with Gasteiger partial charge in [-0.25, -0.2) is 4.39 Å². The van der Waals surface area contributed by atoms with Gasteiger partial charge < -0.3 is 10.8 Å². The van der Waals surface area contributed by atoms with Gasteiger partial charge in [0.25, 0.3) is 0 Å². The van der Waals surface area contributed by atoms with Gasteiger partial charge in [-0.05, 0) is 42.2 Å². The van der Waals surface area contributed by atoms with Crippen molar-refractivity contribution in [1.29, 1.82) is 0 Å². The van der Waals surface area contributed by atoms with Gasteiger partial charge in [-0.15, -0.1) is 12.4 Å². The van der Waals surface area contributed by atoms with Gasteiger partial charge in [0, 0.05) is 11.6 Å². The first-order chi connectivity index (χ1) is 11.5. The Bertz CT molecular complexity index is 822. The molecule has 0 heterocycles. The third kappa shape index (κ3) is 4.34. The van der Waals surface area contributed by atoms with Gasteiger partial charge in [-0.3, -0.25) is 4.79 Å². The summed E-state index contributed by atoms with van der Waals surface area (Å²) in [6.45, 7) is 3.17. The molecule has 2 rings (SSSR count). The topological polar surface area (TPSA) is 63.3 Å². The van der Waals surface area contributed by atoms with Gasteiger partial charge in [0.05, 0.1) is 12.0 Å². The Balaban J connectivity index is 0.00000338. The molecule has 0 spiro atoms. The molecule has 0 bridgehead atoms. The minimum atomic E-state index is -4.92. The Morgan fingerprint density at radius 1 is 1.19 bits per heavy atom. The Labute approximate surface area is 154 Å². The molecular weight excluding hydrogens is 374 g/mol. The fourth-order valence-electron chi connectivity index (χ4n) is 2.86. The van der Waals surface area contributed by atoms with Crippen LogP contribution in [0.3, 0.4) is 0 Å². The van der Waals surface area contributed by atoms with Gasteiger partial charge in [0.1, 0.15) is 5.82 Å². The minimum Gasteiger partial charge on any atom is -0.481 e. The number of aliphatic carboxylic acids is 1. The third-order valence-electron chi connectivity index (χ3n) is 4.08. The molecule has 1 atom stereocenters. The summed E-state index contributed by atoms with van der Waals surface area (Å²) in [4.78, 5) is 10.9. The van der Waals surface area contributed by atoms with Crippen molar-refractivity contribution < 1.29 is 27.5 Å². The Hall–Kier alpha value is -2.12. The van der Waals surface area contributed by atoms with Crippen LogP contribution in [-0.4, -0.2) is 11.1 Å². The lowest BCUT2D eigenvalue weighted by Gasteiger charge is -2.22. The number of nitrogens with two attached hydrogens (primary N) is 1. The van der Waals surface area contributed by atoms with Crippen LogP contribution in [0.5, 0.6) is 0 Å². The van der Waals surface area contributed by atoms with Crippen molar-refractivity contribution in [2.75, 3.05) is 0 Å². The molecule has 26 heavy (non-hydrogen) atoms. The first kappa shape index (κ1) is 21.9. The van der Waals surface area contributed by atoms with E-state index in [-0.39, 0.29) is 23.5 Å². The van der Waals surface area contributed by atoms with E-state index in [4.69, 9.17) is 10.8 Å². The number of carbonyl (C=O) groups is 1. The number of alkyl halides is 3. The van der Waals surface area contributed by atoms with Crippen LogP contribution in [0.15, 0.2) is 30.3 Å². The van der Waals surface area contributed by atoms with E-state index in [0.717, 1.165) is 6.07 Å². The van der Waals surface area contributed by atoms with Gasteiger partial charge in [-0.1, -0.05) is 24.3 Å². The number of benzene rings is 2. The van der Waals surface area contributed by atoms with E-state index in [9.17, 15) is 22.4 Å². The maximum atomic E-state index is 14.5. The fraction of sp³-hybridized carbons (Fsp3) is 0.278. The molecule has 8 heteroatoms. The number of halogens is 5. The molecule has 2 aromatic carbocycles. The maximum absolute atomic E-state index is 14.5. The molecule has 0 aliphatic rings. The van der Waals surface area contributed by atoms with Crippen molar-refractivity contribution in [2.45, 2.75) is 32.5 Å². The van der Waals surface area contributed by atoms with Crippen molar-refractivity contribution in [3.05, 3.63) is 58.4 Å². The molecule has 0 aliphatic heterocycles. The number of rotatable bonds is 4. The number of carboxylic acid groups (broad SMARTS) is 1. The Morgan fingerprint density at radius 2 is 1.77 bits per heavy atom. The molecule has 0 aromatic heterocycles. The molecular formula is C18H18ClF4NO2. The van der Waals surface area contributed by atoms with Crippen molar-refractivity contribution >= 4 is 18.4 Å². The van der Waals surface area contributed by atoms with Gasteiger partial charge in [0.15, 0.2) is 0 Å². The van der Waals surface area contributed by atoms with E-state index >= 15 is 0 Å². The van der Waals surface area contributed by atoms with Crippen molar-refractivity contribution in [1.82, 2.24) is 0 Å². The van der Waals surface area contributed by atoms with Crippen molar-refractivity contribution in [3.8, 4) is 11.1 Å². The molecule has 0 radical (unpaired) electrons. The highest BCUT2D eigenvalue weighted by molar-refractivity contribution is 5.85. The highest BCUT2D eigenvalue weighted by Crippen LogP contribution is 2.40. The summed E-state index contributed by atoms with van der Waals surface area (Å²) in [7, 11) is 0. The first-order valence-corrected chi connectivity index (χ1v) is 7.47. The van der Waals surface area contributed by atoms with E-state index in [1.165, 1.54) is 6.92 Å². The second-order valence-corrected chi connectivity index (χ2v) is 5.84. The summed E-state index contributed by atoms with van der Waals surface area (Å²) < 4.78 is 54.4. The van der Waals surface area contributed by atoms with E-state index in [2.05, 4.69) is 0 Å². The summed E-state index contributed by atoms with van der Waals surface area (Å²) in [6, 6.07) is 6.12. The molecule has 3 nitrogen and oxygen atoms in total. The average molecular weight is 392 g/mol. The lowest BCUT2D eigenvalue weighted by Crippen LogP contribution is -2.21. The highest BCUT2D eigenvalue weighted by Gasteiger charge is 2.37. The van der Waals surface area contributed by atoms with E-state index < -0.39 is 41.6 Å². The molecule has 0 saturated carbocycles. The zero-order valence-corrected chi connectivity index (χ0v) is 14.8. The quantitative estimate of drug-likeness (QED) is 0.719. The molecule has 0 amide bonds. The van der Waals surface area contributed by atoms with Crippen molar-refractivity contribution in [2.24, 2.45) is 5.73 Å². The molecule has 142 valence electrons. The van der Waals surface area contributed by atoms with Crippen LogP contribution in [0.25, 0.3) is 11.1 Å². The first-order valence-electron chi connectivity index (χ1n) is 7.47. The van der Waals surface area contributed by atoms with Crippen LogP contribution >= 0.6 is 12.4 Å². The summed E-state index contributed by atoms with van der Waals surface area (Å²) in [6.07, 6.45) is -5.60. The molecule has 0 fully saturated rings. The number of carboxylic acids is 1. The van der Waals surface area contributed by atoms with Gasteiger partial charge in [-0.2, -0.15) is 13.2 Å².